The Bertz CT molecular complexity index is 1180. The predicted molar refractivity (Wildman–Crippen MR) is 144 cm³/mol. The molecule has 1 amide bonds. The van der Waals surface area contributed by atoms with Crippen molar-refractivity contribution in [1.29, 1.82) is 0 Å². The van der Waals surface area contributed by atoms with Crippen molar-refractivity contribution in [2.75, 3.05) is 18.0 Å². The van der Waals surface area contributed by atoms with Crippen LogP contribution in [0.15, 0.2) is 103 Å². The van der Waals surface area contributed by atoms with Crippen molar-refractivity contribution in [2.45, 2.75) is 32.4 Å². The Kier molecular flexibility index (Phi) is 7.67. The lowest BCUT2D eigenvalue weighted by molar-refractivity contribution is 0.0723. The van der Waals surface area contributed by atoms with Gasteiger partial charge in [-0.3, -0.25) is 4.79 Å². The normalized spacial score (nSPS) is 13.9. The number of hydrogen-bond acceptors (Lipinski definition) is 4. The first-order valence-corrected chi connectivity index (χ1v) is 12.7. The molecule has 0 bridgehead atoms. The van der Waals surface area contributed by atoms with Crippen LogP contribution in [-0.4, -0.2) is 34.1 Å². The second-order valence-electron chi connectivity index (χ2n) is 9.53. The van der Waals surface area contributed by atoms with Crippen LogP contribution in [0.2, 0.25) is 0 Å². The molecular weight excluding hydrogens is 444 g/mol. The third-order valence-electron chi connectivity index (χ3n) is 6.90. The van der Waals surface area contributed by atoms with Crippen LogP contribution in [0.3, 0.4) is 0 Å². The van der Waals surface area contributed by atoms with Crippen LogP contribution in [0.1, 0.15) is 40.0 Å². The summed E-state index contributed by atoms with van der Waals surface area (Å²) in [5, 5.41) is 8.82. The molecule has 1 fully saturated rings. The minimum absolute atomic E-state index is 0.108. The summed E-state index contributed by atoms with van der Waals surface area (Å²) in [7, 11) is 0. The van der Waals surface area contributed by atoms with E-state index in [9.17, 15) is 4.79 Å². The van der Waals surface area contributed by atoms with E-state index >= 15 is 0 Å². The topological polar surface area (TPSA) is 49.3 Å². The van der Waals surface area contributed by atoms with Crippen molar-refractivity contribution in [3.63, 3.8) is 0 Å². The van der Waals surface area contributed by atoms with Gasteiger partial charge in [0.1, 0.15) is 0 Å². The molecule has 0 unspecified atom stereocenters. The molecule has 0 saturated carbocycles. The lowest BCUT2D eigenvalue weighted by Crippen LogP contribution is -2.35. The zero-order valence-corrected chi connectivity index (χ0v) is 20.5. The molecule has 0 N–H and O–H groups in total. The highest BCUT2D eigenvalue weighted by molar-refractivity contribution is 5.92. The first kappa shape index (κ1) is 23.7. The number of hydrogen-bond donors (Lipinski definition) is 0. The van der Waals surface area contributed by atoms with Crippen LogP contribution < -0.4 is 4.90 Å². The van der Waals surface area contributed by atoms with Crippen molar-refractivity contribution >= 4 is 11.7 Å². The fourth-order valence-electron chi connectivity index (χ4n) is 4.89. The van der Waals surface area contributed by atoms with Gasteiger partial charge in [0.15, 0.2) is 11.5 Å². The van der Waals surface area contributed by atoms with E-state index in [1.165, 1.54) is 5.56 Å². The van der Waals surface area contributed by atoms with Crippen LogP contribution in [-0.2, 0) is 19.5 Å². The average molecular weight is 477 g/mol. The molecule has 1 aliphatic heterocycles. The number of amides is 1. The quantitative estimate of drug-likeness (QED) is 0.324. The monoisotopic (exact) mass is 476 g/mol. The Labute approximate surface area is 213 Å². The van der Waals surface area contributed by atoms with Crippen molar-refractivity contribution in [2.24, 2.45) is 5.92 Å². The zero-order chi connectivity index (χ0) is 24.6. The van der Waals surface area contributed by atoms with Gasteiger partial charge in [-0.05, 0) is 54.0 Å². The molecule has 0 radical (unpaired) electrons. The molecule has 1 aromatic heterocycles. The number of nitrogens with zero attached hydrogens (tertiary/aromatic N) is 4. The molecule has 5 heteroatoms. The highest BCUT2D eigenvalue weighted by atomic mass is 16.2. The third kappa shape index (κ3) is 6.16. The van der Waals surface area contributed by atoms with Crippen LogP contribution >= 0.6 is 0 Å². The van der Waals surface area contributed by atoms with Gasteiger partial charge in [-0.15, -0.1) is 10.2 Å². The van der Waals surface area contributed by atoms with Gasteiger partial charge < -0.3 is 9.80 Å². The highest BCUT2D eigenvalue weighted by Crippen LogP contribution is 2.25. The Morgan fingerprint density at radius 1 is 0.694 bits per heavy atom. The number of rotatable bonds is 8. The largest absolute Gasteiger partial charge is 0.355 e. The van der Waals surface area contributed by atoms with Gasteiger partial charge in [0.25, 0.3) is 5.91 Å². The van der Waals surface area contributed by atoms with E-state index in [2.05, 4.69) is 45.4 Å². The maximum atomic E-state index is 13.5. The molecule has 3 aromatic carbocycles. The maximum Gasteiger partial charge on any atom is 0.274 e. The van der Waals surface area contributed by atoms with Gasteiger partial charge in [0, 0.05) is 26.2 Å². The first-order valence-electron chi connectivity index (χ1n) is 12.7. The summed E-state index contributed by atoms with van der Waals surface area (Å²) in [6.45, 7) is 2.97. The van der Waals surface area contributed by atoms with Gasteiger partial charge in [-0.2, -0.15) is 0 Å². The fourth-order valence-corrected chi connectivity index (χ4v) is 4.89. The molecular formula is C31H32N4O. The molecule has 0 atom stereocenters. The SMILES string of the molecule is O=C(c1ccc(N2CCC(Cc3ccccc3)CC2)nn1)N(Cc1ccccc1)Cc1ccccc1. The third-order valence-corrected chi connectivity index (χ3v) is 6.90. The molecule has 5 rings (SSSR count). The smallest absolute Gasteiger partial charge is 0.274 e. The minimum Gasteiger partial charge on any atom is -0.355 e. The van der Waals surface area contributed by atoms with Gasteiger partial charge in [-0.1, -0.05) is 91.0 Å². The Morgan fingerprint density at radius 3 is 1.72 bits per heavy atom. The molecule has 1 saturated heterocycles. The standard InChI is InChI=1S/C31H32N4O/c36-31(35(23-27-12-6-2-7-13-27)24-28-14-8-3-9-15-28)29-16-17-30(33-32-29)34-20-18-26(19-21-34)22-25-10-4-1-5-11-25/h1-17,26H,18-24H2. The van der Waals surface area contributed by atoms with E-state index in [1.54, 1.807) is 0 Å². The molecule has 0 spiro atoms. The van der Waals surface area contributed by atoms with E-state index in [1.807, 2.05) is 77.7 Å². The predicted octanol–water partition coefficient (Wildman–Crippen LogP) is 5.78. The maximum absolute atomic E-state index is 13.5. The summed E-state index contributed by atoms with van der Waals surface area (Å²) < 4.78 is 0. The number of anilines is 1. The van der Waals surface area contributed by atoms with Crippen LogP contribution in [0.4, 0.5) is 5.82 Å². The van der Waals surface area contributed by atoms with E-state index < -0.39 is 0 Å². The summed E-state index contributed by atoms with van der Waals surface area (Å²) in [6.07, 6.45) is 3.41. The minimum atomic E-state index is -0.108. The Balaban J connectivity index is 1.23. The van der Waals surface area contributed by atoms with Crippen molar-refractivity contribution < 1.29 is 4.79 Å². The number of piperidine rings is 1. The number of benzene rings is 3. The van der Waals surface area contributed by atoms with Crippen molar-refractivity contribution in [3.05, 3.63) is 126 Å². The number of aromatic nitrogens is 2. The van der Waals surface area contributed by atoms with E-state index in [4.69, 9.17) is 0 Å². The summed E-state index contributed by atoms with van der Waals surface area (Å²) in [4.78, 5) is 17.6. The van der Waals surface area contributed by atoms with Crippen LogP contribution in [0.25, 0.3) is 0 Å². The average Bonchev–Trinajstić information content (AvgIpc) is 2.95. The highest BCUT2D eigenvalue weighted by Gasteiger charge is 2.22. The van der Waals surface area contributed by atoms with Gasteiger partial charge in [-0.25, -0.2) is 0 Å². The number of carbonyl (C=O) groups is 1. The van der Waals surface area contributed by atoms with E-state index in [0.717, 1.165) is 49.3 Å². The lowest BCUT2D eigenvalue weighted by atomic mass is 9.90. The molecule has 182 valence electrons. The molecule has 36 heavy (non-hydrogen) atoms. The second-order valence-corrected chi connectivity index (χ2v) is 9.53. The Morgan fingerprint density at radius 2 is 1.22 bits per heavy atom. The van der Waals surface area contributed by atoms with Crippen LogP contribution in [0.5, 0.6) is 0 Å². The molecule has 1 aliphatic rings. The van der Waals surface area contributed by atoms with Crippen molar-refractivity contribution in [1.82, 2.24) is 15.1 Å². The van der Waals surface area contributed by atoms with E-state index in [0.29, 0.717) is 24.7 Å². The van der Waals surface area contributed by atoms with Gasteiger partial charge >= 0.3 is 0 Å². The van der Waals surface area contributed by atoms with Crippen molar-refractivity contribution in [3.8, 4) is 0 Å². The molecule has 2 heterocycles. The summed E-state index contributed by atoms with van der Waals surface area (Å²) in [6, 6.07) is 34.6. The zero-order valence-electron chi connectivity index (χ0n) is 20.5. The van der Waals surface area contributed by atoms with E-state index in [-0.39, 0.29) is 5.91 Å². The molecule has 0 aliphatic carbocycles. The molecule has 4 aromatic rings. The number of carbonyl (C=O) groups excluding carboxylic acids is 1. The van der Waals surface area contributed by atoms with Gasteiger partial charge in [0.2, 0.25) is 0 Å². The van der Waals surface area contributed by atoms with Crippen LogP contribution in [0, 0.1) is 5.92 Å². The fraction of sp³-hybridized carbons (Fsp3) is 0.258. The molecule has 5 nitrogen and oxygen atoms in total. The summed E-state index contributed by atoms with van der Waals surface area (Å²) in [5.74, 6) is 1.44. The lowest BCUT2D eigenvalue weighted by Gasteiger charge is -2.32. The first-order chi connectivity index (χ1) is 17.7. The summed E-state index contributed by atoms with van der Waals surface area (Å²) in [5.41, 5.74) is 3.97. The van der Waals surface area contributed by atoms with Gasteiger partial charge in [0.05, 0.1) is 0 Å². The summed E-state index contributed by atoms with van der Waals surface area (Å²) >= 11 is 0. The second kappa shape index (κ2) is 11.6. The Hall–Kier alpha value is -3.99.